The second kappa shape index (κ2) is 7.77. The molecule has 1 unspecified atom stereocenters. The van der Waals surface area contributed by atoms with E-state index in [2.05, 4.69) is 10.2 Å². The Labute approximate surface area is 143 Å². The highest BCUT2D eigenvalue weighted by Gasteiger charge is 2.26. The van der Waals surface area contributed by atoms with Gasteiger partial charge in [0.2, 0.25) is 11.8 Å². The zero-order chi connectivity index (χ0) is 16.9. The molecule has 1 aliphatic carbocycles. The van der Waals surface area contributed by atoms with Crippen molar-refractivity contribution < 1.29 is 9.59 Å². The fraction of sp³-hybridized carbons (Fsp3) is 0.556. The summed E-state index contributed by atoms with van der Waals surface area (Å²) in [5.74, 6) is 0.191. The number of hydrogen-bond donors (Lipinski definition) is 2. The van der Waals surface area contributed by atoms with Crippen molar-refractivity contribution >= 4 is 11.8 Å². The first kappa shape index (κ1) is 16.9. The molecule has 3 N–H and O–H groups in total. The molecule has 1 saturated carbocycles. The van der Waals surface area contributed by atoms with E-state index in [-0.39, 0.29) is 17.9 Å². The topological polar surface area (TPSA) is 78.7 Å². The van der Waals surface area contributed by atoms with Gasteiger partial charge in [0.15, 0.2) is 0 Å². The van der Waals surface area contributed by atoms with Crippen molar-refractivity contribution in [1.82, 2.24) is 15.1 Å². The first-order chi connectivity index (χ1) is 11.6. The Hall–Kier alpha value is -1.92. The van der Waals surface area contributed by atoms with Crippen LogP contribution in [0.5, 0.6) is 0 Å². The number of piperazine rings is 1. The zero-order valence-electron chi connectivity index (χ0n) is 14.0. The number of nitrogens with zero attached hydrogens (tertiary/aromatic N) is 2. The molecule has 1 saturated heterocycles. The van der Waals surface area contributed by atoms with Crippen LogP contribution in [0.1, 0.15) is 30.9 Å². The van der Waals surface area contributed by atoms with Crippen LogP contribution >= 0.6 is 0 Å². The quantitative estimate of drug-likeness (QED) is 0.796. The van der Waals surface area contributed by atoms with E-state index in [0.29, 0.717) is 32.1 Å². The van der Waals surface area contributed by atoms with E-state index < -0.39 is 0 Å². The fourth-order valence-corrected chi connectivity index (χ4v) is 2.99. The van der Waals surface area contributed by atoms with Gasteiger partial charge in [-0.15, -0.1) is 0 Å². The van der Waals surface area contributed by atoms with Crippen LogP contribution in [0.4, 0.5) is 0 Å². The van der Waals surface area contributed by atoms with Crippen LogP contribution in [-0.2, 0) is 9.59 Å². The van der Waals surface area contributed by atoms with Crippen molar-refractivity contribution in [2.75, 3.05) is 32.7 Å². The van der Waals surface area contributed by atoms with Gasteiger partial charge in [-0.05, 0) is 18.4 Å². The summed E-state index contributed by atoms with van der Waals surface area (Å²) in [6.45, 7) is 3.24. The summed E-state index contributed by atoms with van der Waals surface area (Å²) in [6, 6.07) is 9.86. The lowest BCUT2D eigenvalue weighted by Crippen LogP contribution is -2.51. The number of benzene rings is 1. The molecule has 1 heterocycles. The number of nitrogens with two attached hydrogens (primary N) is 1. The van der Waals surface area contributed by atoms with Crippen molar-refractivity contribution in [1.29, 1.82) is 0 Å². The molecule has 0 radical (unpaired) electrons. The van der Waals surface area contributed by atoms with Gasteiger partial charge in [0.1, 0.15) is 0 Å². The lowest BCUT2D eigenvalue weighted by atomic mass is 10.0. The zero-order valence-corrected chi connectivity index (χ0v) is 14.0. The van der Waals surface area contributed by atoms with Crippen molar-refractivity contribution in [3.8, 4) is 0 Å². The molecule has 6 heteroatoms. The van der Waals surface area contributed by atoms with Gasteiger partial charge in [0.05, 0.1) is 6.54 Å². The number of carbonyl (C=O) groups is 2. The van der Waals surface area contributed by atoms with Crippen molar-refractivity contribution in [3.05, 3.63) is 35.9 Å². The highest BCUT2D eigenvalue weighted by molar-refractivity contribution is 5.79. The molecule has 0 aromatic heterocycles. The molecular formula is C18H26N4O2. The van der Waals surface area contributed by atoms with Gasteiger partial charge >= 0.3 is 0 Å². The Morgan fingerprint density at radius 3 is 2.42 bits per heavy atom. The van der Waals surface area contributed by atoms with E-state index in [0.717, 1.165) is 31.5 Å². The van der Waals surface area contributed by atoms with Crippen LogP contribution in [0.2, 0.25) is 0 Å². The minimum Gasteiger partial charge on any atom is -0.352 e. The Morgan fingerprint density at radius 2 is 1.79 bits per heavy atom. The Balaban J connectivity index is 1.40. The van der Waals surface area contributed by atoms with E-state index in [4.69, 9.17) is 5.73 Å². The molecule has 24 heavy (non-hydrogen) atoms. The second-order valence-electron chi connectivity index (χ2n) is 6.72. The number of nitrogens with one attached hydrogen (secondary N) is 1. The normalized spacial score (nSPS) is 19.8. The van der Waals surface area contributed by atoms with Crippen molar-refractivity contribution in [2.24, 2.45) is 5.73 Å². The van der Waals surface area contributed by atoms with Crippen LogP contribution in [-0.4, -0.2) is 60.4 Å². The molecule has 0 bridgehead atoms. The summed E-state index contributed by atoms with van der Waals surface area (Å²) < 4.78 is 0. The standard InChI is InChI=1S/C18H26N4O2/c19-16(14-4-2-1-3-5-14)12-18(24)22-10-8-21(9-11-22)13-17(23)20-15-6-7-15/h1-5,15-16H,6-13,19H2,(H,20,23). The molecule has 0 spiro atoms. The molecule has 130 valence electrons. The third-order valence-corrected chi connectivity index (χ3v) is 4.66. The monoisotopic (exact) mass is 330 g/mol. The van der Waals surface area contributed by atoms with Crippen molar-refractivity contribution in [3.63, 3.8) is 0 Å². The summed E-state index contributed by atoms with van der Waals surface area (Å²) >= 11 is 0. The number of rotatable bonds is 6. The molecule has 3 rings (SSSR count). The van der Waals surface area contributed by atoms with E-state index in [1.807, 2.05) is 35.2 Å². The Morgan fingerprint density at radius 1 is 1.12 bits per heavy atom. The summed E-state index contributed by atoms with van der Waals surface area (Å²) in [7, 11) is 0. The number of hydrogen-bond acceptors (Lipinski definition) is 4. The fourth-order valence-electron chi connectivity index (χ4n) is 2.99. The lowest BCUT2D eigenvalue weighted by molar-refractivity contribution is -0.133. The predicted molar refractivity (Wildman–Crippen MR) is 92.2 cm³/mol. The van der Waals surface area contributed by atoms with E-state index in [1.165, 1.54) is 0 Å². The van der Waals surface area contributed by atoms with Crippen LogP contribution in [0.25, 0.3) is 0 Å². The largest absolute Gasteiger partial charge is 0.352 e. The first-order valence-corrected chi connectivity index (χ1v) is 8.72. The summed E-state index contributed by atoms with van der Waals surface area (Å²) in [5.41, 5.74) is 7.12. The van der Waals surface area contributed by atoms with Gasteiger partial charge < -0.3 is 16.0 Å². The maximum atomic E-state index is 12.4. The maximum Gasteiger partial charge on any atom is 0.234 e. The summed E-state index contributed by atoms with van der Waals surface area (Å²) in [6.07, 6.45) is 2.54. The second-order valence-corrected chi connectivity index (χ2v) is 6.72. The van der Waals surface area contributed by atoms with Gasteiger partial charge in [0, 0.05) is 44.7 Å². The van der Waals surface area contributed by atoms with Crippen LogP contribution in [0.3, 0.4) is 0 Å². The van der Waals surface area contributed by atoms with Gasteiger partial charge in [-0.1, -0.05) is 30.3 Å². The van der Waals surface area contributed by atoms with Gasteiger partial charge in [-0.3, -0.25) is 14.5 Å². The molecular weight excluding hydrogens is 304 g/mol. The SMILES string of the molecule is NC(CC(=O)N1CCN(CC(=O)NC2CC2)CC1)c1ccccc1. The predicted octanol–water partition coefficient (Wildman–Crippen LogP) is 0.499. The molecule has 2 aliphatic rings. The van der Waals surface area contributed by atoms with E-state index >= 15 is 0 Å². The van der Waals surface area contributed by atoms with Gasteiger partial charge in [-0.2, -0.15) is 0 Å². The third kappa shape index (κ3) is 4.79. The summed E-state index contributed by atoms with van der Waals surface area (Å²) in [4.78, 5) is 28.2. The molecule has 2 amide bonds. The maximum absolute atomic E-state index is 12.4. The van der Waals surface area contributed by atoms with Crippen molar-refractivity contribution in [2.45, 2.75) is 31.3 Å². The Kier molecular flexibility index (Phi) is 5.48. The smallest absolute Gasteiger partial charge is 0.234 e. The summed E-state index contributed by atoms with van der Waals surface area (Å²) in [5, 5.41) is 3.00. The van der Waals surface area contributed by atoms with Gasteiger partial charge in [0.25, 0.3) is 0 Å². The minimum atomic E-state index is -0.263. The van der Waals surface area contributed by atoms with Crippen LogP contribution in [0.15, 0.2) is 30.3 Å². The minimum absolute atomic E-state index is 0.0911. The van der Waals surface area contributed by atoms with Gasteiger partial charge in [-0.25, -0.2) is 0 Å². The molecule has 1 atom stereocenters. The van der Waals surface area contributed by atoms with E-state index in [9.17, 15) is 9.59 Å². The van der Waals surface area contributed by atoms with Crippen LogP contribution < -0.4 is 11.1 Å². The molecule has 6 nitrogen and oxygen atoms in total. The average Bonchev–Trinajstić information content (AvgIpc) is 3.40. The lowest BCUT2D eigenvalue weighted by Gasteiger charge is -2.34. The highest BCUT2D eigenvalue weighted by atomic mass is 16.2. The molecule has 1 aromatic rings. The molecule has 2 fully saturated rings. The van der Waals surface area contributed by atoms with Crippen LogP contribution in [0, 0.1) is 0 Å². The third-order valence-electron chi connectivity index (χ3n) is 4.66. The molecule has 1 aromatic carbocycles. The average molecular weight is 330 g/mol. The number of amides is 2. The first-order valence-electron chi connectivity index (χ1n) is 8.72. The number of carbonyl (C=O) groups excluding carboxylic acids is 2. The molecule has 1 aliphatic heterocycles. The highest BCUT2D eigenvalue weighted by Crippen LogP contribution is 2.18. The Bertz CT molecular complexity index is 566. The van der Waals surface area contributed by atoms with E-state index in [1.54, 1.807) is 0 Å².